The van der Waals surface area contributed by atoms with Crippen LogP contribution in [0.3, 0.4) is 0 Å². The largest absolute Gasteiger partial charge is 0.550 e. The lowest BCUT2D eigenvalue weighted by molar-refractivity contribution is -0.873. The number of nitrogens with zero attached hydrogens (tertiary/aromatic N) is 5. The molecule has 0 amide bonds. The van der Waals surface area contributed by atoms with Gasteiger partial charge in [0.15, 0.2) is 18.3 Å². The molecule has 0 bridgehead atoms. The van der Waals surface area contributed by atoms with E-state index in [-0.39, 0.29) is 87.6 Å². The maximum Gasteiger partial charge on any atom is 0.326 e. The standard InChI is InChI=1S/C11H22N2O5.C9H17NO4.C9H14O6.C8H15NO4.3C7H15NO3.5C3H6O.C2H6O2/c1-7(14)10(12)11(17)18-8(5-9(15)16)6-13(2,3)4;1-7(11)14-8(5-9(12)13)6-10(2,3)4;1-6(10)13-4-9(15-8(3)12)5-14-7(2)11;1-5(4-12-7(3)10)13-8(11)6(2)9;3*1-8(2,3)5-6(9)4-7(10)11;5*1-3(2)4;3-1-2-4/h7-8,10,14H,5-6,12H2,1-4H3;8H,5-6H2,1-4H3;9H,4-5H2,1-3H3;5-6H,4,9H2,1-3H3;3*6,9H,4-5H2,1-3H3;5*1-2H3;3-4H,1-2H2/t7-,8?,10+;;;5?,6-;;;;;;;;;/m1..0........./s1. The minimum Gasteiger partial charge on any atom is -0.550 e. The molecule has 0 radical (unpaired) electrons. The molecule has 694 valence electrons. The van der Waals surface area contributed by atoms with Crippen molar-refractivity contribution in [2.24, 2.45) is 11.5 Å². The van der Waals surface area contributed by atoms with Crippen LogP contribution in [0.2, 0.25) is 0 Å². The van der Waals surface area contributed by atoms with Crippen molar-refractivity contribution in [2.45, 2.75) is 218 Å². The third kappa shape index (κ3) is 185. The molecular weight excluding hydrogens is 1560 g/mol. The highest BCUT2D eigenvalue weighted by Crippen LogP contribution is 2.08. The summed E-state index contributed by atoms with van der Waals surface area (Å²) in [6.07, 6.45) is -7.61. The zero-order chi connectivity index (χ0) is 96.6. The van der Waals surface area contributed by atoms with Gasteiger partial charge in [-0.1, -0.05) is 0 Å². The molecule has 0 aromatic heterocycles. The third-order valence-corrected chi connectivity index (χ3v) is 9.77. The molecule has 0 heterocycles. The maximum absolute atomic E-state index is 11.5. The Morgan fingerprint density at radius 2 is 0.504 bits per heavy atom. The van der Waals surface area contributed by atoms with Crippen molar-refractivity contribution >= 4 is 101 Å². The summed E-state index contributed by atoms with van der Waals surface area (Å²) in [5.41, 5.74) is 10.7. The molecule has 0 aromatic rings. The molecule has 9 atom stereocenters. The van der Waals surface area contributed by atoms with E-state index < -0.39 is 139 Å². The number of carbonyl (C=O) groups excluding carboxylic acids is 17. The number of rotatable bonds is 34. The summed E-state index contributed by atoms with van der Waals surface area (Å²) in [4.78, 5) is 173. The van der Waals surface area contributed by atoms with E-state index in [1.54, 1.807) is 6.92 Å². The Kier molecular flexibility index (Phi) is 92.4. The number of ether oxygens (including phenoxy) is 7. The highest BCUT2D eigenvalue weighted by Gasteiger charge is 2.28. The second kappa shape index (κ2) is 78.6. The van der Waals surface area contributed by atoms with E-state index in [0.29, 0.717) is 55.1 Å². The third-order valence-electron chi connectivity index (χ3n) is 9.77. The van der Waals surface area contributed by atoms with Gasteiger partial charge in [0.05, 0.1) is 125 Å². The lowest BCUT2D eigenvalue weighted by atomic mass is 10.2. The van der Waals surface area contributed by atoms with E-state index in [2.05, 4.69) is 14.2 Å². The maximum atomic E-state index is 11.5. The summed E-state index contributed by atoms with van der Waals surface area (Å²) in [7, 11) is 28.2. The van der Waals surface area contributed by atoms with Gasteiger partial charge in [0, 0.05) is 96.6 Å². The van der Waals surface area contributed by atoms with E-state index in [4.69, 9.17) is 61.1 Å². The number of esters is 7. The Labute approximate surface area is 692 Å². The first kappa shape index (κ1) is 137. The summed E-state index contributed by atoms with van der Waals surface area (Å²) in [5, 5.41) is 103. The van der Waals surface area contributed by atoms with E-state index in [0.717, 1.165) is 0 Å². The van der Waals surface area contributed by atoms with Crippen LogP contribution in [-0.4, -0.2) is 386 Å². The zero-order valence-corrected chi connectivity index (χ0v) is 75.8. The number of hydrogen-bond acceptors (Lipinski definition) is 37. The van der Waals surface area contributed by atoms with E-state index in [9.17, 15) is 107 Å². The molecule has 6 unspecified atom stereocenters. The van der Waals surface area contributed by atoms with Crippen LogP contribution in [0.4, 0.5) is 0 Å². The minimum atomic E-state index is -1.30. The molecule has 0 rings (SSSR count). The van der Waals surface area contributed by atoms with Crippen molar-refractivity contribution in [2.75, 3.05) is 171 Å². The van der Waals surface area contributed by atoms with Crippen molar-refractivity contribution in [3.63, 3.8) is 0 Å². The Bertz CT molecular complexity index is 2580. The van der Waals surface area contributed by atoms with Crippen LogP contribution >= 0.6 is 0 Å². The lowest BCUT2D eigenvalue weighted by Crippen LogP contribution is -2.48. The van der Waals surface area contributed by atoms with Crippen molar-refractivity contribution in [3.8, 4) is 0 Å². The smallest absolute Gasteiger partial charge is 0.326 e. The normalized spacial score (nSPS) is 12.5. The summed E-state index contributed by atoms with van der Waals surface area (Å²) < 4.78 is 35.9. The fraction of sp³-hybridized carbons (Fsp3) is 0.773. The van der Waals surface area contributed by atoms with E-state index >= 15 is 0 Å². The molecular formula is C75H149N7O35. The average molecular weight is 1710 g/mol. The van der Waals surface area contributed by atoms with Gasteiger partial charge in [0.2, 0.25) is 0 Å². The molecule has 0 saturated carbocycles. The Morgan fingerprint density at radius 3 is 0.675 bits per heavy atom. The van der Waals surface area contributed by atoms with Gasteiger partial charge in [-0.2, -0.15) is 0 Å². The van der Waals surface area contributed by atoms with Gasteiger partial charge in [-0.15, -0.1) is 0 Å². The average Bonchev–Trinajstić information content (AvgIpc) is 0.893. The number of carboxylic acids is 5. The second-order valence-electron chi connectivity index (χ2n) is 31.4. The Balaban J connectivity index is -0.0000000939. The second-order valence-corrected chi connectivity index (χ2v) is 31.4. The minimum absolute atomic E-state index is 0.0633. The van der Waals surface area contributed by atoms with Crippen LogP contribution in [0.5, 0.6) is 0 Å². The molecule has 42 nitrogen and oxygen atoms in total. The predicted octanol–water partition coefficient (Wildman–Crippen LogP) is -7.38. The quantitative estimate of drug-likeness (QED) is 0.0169. The van der Waals surface area contributed by atoms with Crippen molar-refractivity contribution in [3.05, 3.63) is 0 Å². The van der Waals surface area contributed by atoms with E-state index in [1.165, 1.54) is 118 Å². The number of quaternary nitrogens is 5. The van der Waals surface area contributed by atoms with Crippen LogP contribution in [0.15, 0.2) is 0 Å². The van der Waals surface area contributed by atoms with Crippen LogP contribution < -0.4 is 37.0 Å². The van der Waals surface area contributed by atoms with Gasteiger partial charge in [0.1, 0.15) is 118 Å². The molecule has 117 heavy (non-hydrogen) atoms. The predicted molar refractivity (Wildman–Crippen MR) is 416 cm³/mol. The number of Topliss-reactive ketones (excluding diaryl/α,β-unsaturated/α-hetero) is 5. The SMILES string of the molecule is CC(=O)OC(CC(=O)[O-])C[N+](C)(C)C.CC(=O)OCC(C)OC(=O)[C@H](C)N.CC(=O)OCC(COC(C)=O)OC(C)=O.CC(C)=O.CC(C)=O.CC(C)=O.CC(C)=O.CC(C)=O.C[C@@H](O)[C@H](N)C(=O)OC(CC(=O)[O-])C[N+](C)(C)C.C[N+](C)(C)CC(O)CC(=O)[O-].C[N+](C)(C)CC(O)CC(=O)[O-].C[N+](C)(C)CC(O)CC(=O)[O-].OCCO. The number of aliphatic carboxylic acids is 5. The zero-order valence-electron chi connectivity index (χ0n) is 75.8. The first-order valence-electron chi connectivity index (χ1n) is 36.1. The molecule has 0 aliphatic carbocycles. The topological polar surface area (TPSA) is 644 Å². The molecule has 0 spiro atoms. The van der Waals surface area contributed by atoms with Crippen LogP contribution in [-0.2, 0) is 115 Å². The number of aliphatic hydroxyl groups excluding tert-OH is 6. The Hall–Kier alpha value is -8.53. The first-order valence-corrected chi connectivity index (χ1v) is 36.1. The number of aliphatic hydroxyl groups is 6. The van der Waals surface area contributed by atoms with Crippen LogP contribution in [0.1, 0.15) is 157 Å². The van der Waals surface area contributed by atoms with Gasteiger partial charge in [-0.3, -0.25) is 33.6 Å². The van der Waals surface area contributed by atoms with Crippen LogP contribution in [0, 0.1) is 0 Å². The van der Waals surface area contributed by atoms with E-state index in [1.807, 2.05) is 106 Å². The molecule has 0 fully saturated rings. The monoisotopic (exact) mass is 1710 g/mol. The number of ketones is 5. The number of hydrogen-bond donors (Lipinski definition) is 8. The van der Waals surface area contributed by atoms with Crippen molar-refractivity contribution < 1.29 is 193 Å². The molecule has 0 saturated heterocycles. The highest BCUT2D eigenvalue weighted by atomic mass is 16.6. The summed E-state index contributed by atoms with van der Waals surface area (Å²) in [6, 6.07) is -1.83. The molecule has 42 heteroatoms. The van der Waals surface area contributed by atoms with Gasteiger partial charge in [-0.05, 0) is 90.0 Å². The van der Waals surface area contributed by atoms with Crippen LogP contribution in [0.25, 0.3) is 0 Å². The molecule has 0 aromatic carbocycles. The molecule has 10 N–H and O–H groups in total. The van der Waals surface area contributed by atoms with Gasteiger partial charge in [-0.25, -0.2) is 0 Å². The van der Waals surface area contributed by atoms with Crippen molar-refractivity contribution in [1.29, 1.82) is 0 Å². The lowest BCUT2D eigenvalue weighted by Gasteiger charge is -2.30. The first-order chi connectivity index (χ1) is 52.1. The molecule has 0 aliphatic heterocycles. The fourth-order valence-corrected chi connectivity index (χ4v) is 6.57. The summed E-state index contributed by atoms with van der Waals surface area (Å²) in [5.74, 6) is -8.97. The number of nitrogens with two attached hydrogens (primary N) is 2. The number of likely N-dealkylation sites (N-methyl/N-ethyl adjacent to an activating group) is 5. The van der Waals surface area contributed by atoms with Gasteiger partial charge < -0.3 is 171 Å². The number of carboxylic acid groups (broad SMARTS) is 5. The summed E-state index contributed by atoms with van der Waals surface area (Å²) >= 11 is 0. The highest BCUT2D eigenvalue weighted by molar-refractivity contribution is 5.77. The summed E-state index contributed by atoms with van der Waals surface area (Å²) in [6.45, 7) is 27.6. The molecule has 0 aliphatic rings. The Morgan fingerprint density at radius 1 is 0.299 bits per heavy atom. The van der Waals surface area contributed by atoms with Crippen molar-refractivity contribution in [1.82, 2.24) is 0 Å². The van der Waals surface area contributed by atoms with Gasteiger partial charge >= 0.3 is 41.8 Å². The number of carbonyl (C=O) groups is 17. The fourth-order valence-electron chi connectivity index (χ4n) is 6.57. The van der Waals surface area contributed by atoms with Gasteiger partial charge in [0.25, 0.3) is 0 Å².